The molecule has 0 saturated carbocycles. The number of carbonyl (C=O) groups excluding carboxylic acids is 2. The first-order chi connectivity index (χ1) is 12.5. The highest BCUT2D eigenvalue weighted by Crippen LogP contribution is 2.46. The van der Waals surface area contributed by atoms with E-state index in [1.54, 1.807) is 4.90 Å². The maximum Gasteiger partial charge on any atom is 0.290 e. The molecule has 26 heavy (non-hydrogen) atoms. The number of rotatable bonds is 4. The summed E-state index contributed by atoms with van der Waals surface area (Å²) >= 11 is 0. The smallest absolute Gasteiger partial charge is 0.290 e. The van der Waals surface area contributed by atoms with E-state index in [0.717, 1.165) is 32.0 Å². The van der Waals surface area contributed by atoms with E-state index in [-0.39, 0.29) is 30.2 Å². The summed E-state index contributed by atoms with van der Waals surface area (Å²) in [5.41, 5.74) is 0.586. The summed E-state index contributed by atoms with van der Waals surface area (Å²) in [5.74, 6) is -1.76. The van der Waals surface area contributed by atoms with Gasteiger partial charge in [-0.15, -0.1) is 0 Å². The summed E-state index contributed by atoms with van der Waals surface area (Å²) in [6.45, 7) is 4.14. The number of benzene rings is 1. The minimum atomic E-state index is -0.598. The molecule has 4 heterocycles. The first-order valence-electron chi connectivity index (χ1n) is 9.53. The van der Waals surface area contributed by atoms with Crippen molar-refractivity contribution in [1.82, 2.24) is 9.80 Å². The summed E-state index contributed by atoms with van der Waals surface area (Å²) in [6, 6.07) is 3.63. The van der Waals surface area contributed by atoms with E-state index in [4.69, 9.17) is 0 Å². The molecule has 4 nitrogen and oxygen atoms in total. The number of halogens is 2. The molecule has 4 fully saturated rings. The lowest BCUT2D eigenvalue weighted by Gasteiger charge is -2.51. The van der Waals surface area contributed by atoms with Gasteiger partial charge in [-0.05, 0) is 56.0 Å². The standard InChI is InChI=1S/C20H24F2N2O2/c1-2-3-17(25)20(26)24-11-16(13-8-14(21)10-15(22)9-13)19-18(24)12-4-6-23(19)7-5-12/h8-10,12,16,18-19H,2-7,11H2,1H3/t16-,18+,19+/m0/s1. The van der Waals surface area contributed by atoms with Crippen LogP contribution in [0.1, 0.15) is 44.1 Å². The number of ketones is 1. The molecule has 1 aromatic rings. The van der Waals surface area contributed by atoms with Crippen molar-refractivity contribution in [2.75, 3.05) is 19.6 Å². The van der Waals surface area contributed by atoms with Gasteiger partial charge in [0.25, 0.3) is 5.91 Å². The quantitative estimate of drug-likeness (QED) is 0.774. The number of nitrogens with zero attached hydrogens (tertiary/aromatic N) is 2. The van der Waals surface area contributed by atoms with Gasteiger partial charge in [-0.25, -0.2) is 8.78 Å². The Balaban J connectivity index is 1.70. The average molecular weight is 362 g/mol. The third kappa shape index (κ3) is 2.84. The Morgan fingerprint density at radius 3 is 2.35 bits per heavy atom. The third-order valence-electron chi connectivity index (χ3n) is 6.28. The Labute approximate surface area is 152 Å². The Morgan fingerprint density at radius 1 is 1.08 bits per heavy atom. The van der Waals surface area contributed by atoms with Crippen molar-refractivity contribution < 1.29 is 18.4 Å². The molecule has 0 aromatic heterocycles. The molecular formula is C20H24F2N2O2. The van der Waals surface area contributed by atoms with Crippen LogP contribution in [-0.2, 0) is 9.59 Å². The fourth-order valence-electron chi connectivity index (χ4n) is 5.23. The maximum absolute atomic E-state index is 13.8. The second-order valence-electron chi connectivity index (χ2n) is 7.79. The van der Waals surface area contributed by atoms with Crippen LogP contribution in [0.4, 0.5) is 8.78 Å². The lowest BCUT2D eigenvalue weighted by Crippen LogP contribution is -2.61. The van der Waals surface area contributed by atoms with Crippen LogP contribution in [-0.4, -0.2) is 53.2 Å². The minimum absolute atomic E-state index is 0.0258. The average Bonchev–Trinajstić information content (AvgIpc) is 3.04. The number of piperidine rings is 3. The highest BCUT2D eigenvalue weighted by atomic mass is 19.1. The molecule has 5 rings (SSSR count). The molecule has 0 spiro atoms. The van der Waals surface area contributed by atoms with E-state index < -0.39 is 17.5 Å². The van der Waals surface area contributed by atoms with Gasteiger partial charge in [-0.1, -0.05) is 6.92 Å². The van der Waals surface area contributed by atoms with E-state index in [1.165, 1.54) is 12.1 Å². The molecule has 4 aliphatic rings. The molecule has 4 aliphatic heterocycles. The maximum atomic E-state index is 13.8. The highest BCUT2D eigenvalue weighted by Gasteiger charge is 2.55. The third-order valence-corrected chi connectivity index (χ3v) is 6.28. The molecule has 1 aromatic carbocycles. The SMILES string of the molecule is CCCC(=O)C(=O)N1C[C@@H](c2cc(F)cc(F)c2)[C@@H]2[C@H]1C1CCN2CC1. The van der Waals surface area contributed by atoms with Crippen molar-refractivity contribution in [3.8, 4) is 0 Å². The number of hydrogen-bond acceptors (Lipinski definition) is 3. The van der Waals surface area contributed by atoms with Gasteiger partial charge in [0.05, 0.1) is 6.04 Å². The lowest BCUT2D eigenvalue weighted by atomic mass is 9.75. The Hall–Kier alpha value is -1.82. The van der Waals surface area contributed by atoms with Gasteiger partial charge in [0.1, 0.15) is 11.6 Å². The molecule has 6 heteroatoms. The van der Waals surface area contributed by atoms with Crippen molar-refractivity contribution in [3.63, 3.8) is 0 Å². The fraction of sp³-hybridized carbons (Fsp3) is 0.600. The van der Waals surface area contributed by atoms with Gasteiger partial charge in [0, 0.05) is 31.0 Å². The van der Waals surface area contributed by atoms with Gasteiger partial charge in [-0.2, -0.15) is 0 Å². The largest absolute Gasteiger partial charge is 0.331 e. The number of hydrogen-bond donors (Lipinski definition) is 0. The number of likely N-dealkylation sites (tertiary alicyclic amines) is 1. The van der Waals surface area contributed by atoms with Gasteiger partial charge in [0.15, 0.2) is 0 Å². The summed E-state index contributed by atoms with van der Waals surface area (Å²) in [4.78, 5) is 29.1. The van der Waals surface area contributed by atoms with Crippen LogP contribution in [0.5, 0.6) is 0 Å². The number of Topliss-reactive ketones (excluding diaryl/α,β-unsaturated/α-hetero) is 1. The molecular weight excluding hydrogens is 338 g/mol. The Morgan fingerprint density at radius 2 is 1.73 bits per heavy atom. The summed E-state index contributed by atoms with van der Waals surface area (Å²) in [5, 5.41) is 0. The molecule has 0 radical (unpaired) electrons. The molecule has 1 amide bonds. The molecule has 3 atom stereocenters. The van der Waals surface area contributed by atoms with Crippen LogP contribution in [0.3, 0.4) is 0 Å². The van der Waals surface area contributed by atoms with Crippen LogP contribution in [0.2, 0.25) is 0 Å². The molecule has 0 aliphatic carbocycles. The fourth-order valence-corrected chi connectivity index (χ4v) is 5.23. The molecule has 0 N–H and O–H groups in total. The van der Waals surface area contributed by atoms with Crippen molar-refractivity contribution in [2.45, 2.75) is 50.6 Å². The van der Waals surface area contributed by atoms with Crippen LogP contribution in [0.15, 0.2) is 18.2 Å². The number of fused-ring (bicyclic) bond motifs is 2. The van der Waals surface area contributed by atoms with Crippen molar-refractivity contribution in [1.29, 1.82) is 0 Å². The van der Waals surface area contributed by atoms with Crippen molar-refractivity contribution in [3.05, 3.63) is 35.4 Å². The zero-order valence-electron chi connectivity index (χ0n) is 15.0. The first kappa shape index (κ1) is 17.6. The van der Waals surface area contributed by atoms with Crippen LogP contribution in [0, 0.1) is 17.6 Å². The molecule has 140 valence electrons. The van der Waals surface area contributed by atoms with E-state index in [2.05, 4.69) is 4.90 Å². The van der Waals surface area contributed by atoms with Gasteiger partial charge in [-0.3, -0.25) is 14.5 Å². The van der Waals surface area contributed by atoms with Gasteiger partial charge in [0.2, 0.25) is 5.78 Å². The van der Waals surface area contributed by atoms with E-state index in [9.17, 15) is 18.4 Å². The normalized spacial score (nSPS) is 32.6. The van der Waals surface area contributed by atoms with Crippen LogP contribution < -0.4 is 0 Å². The lowest BCUT2D eigenvalue weighted by molar-refractivity contribution is -0.147. The van der Waals surface area contributed by atoms with Gasteiger partial charge >= 0.3 is 0 Å². The van der Waals surface area contributed by atoms with Crippen molar-refractivity contribution in [2.24, 2.45) is 5.92 Å². The molecule has 4 saturated heterocycles. The van der Waals surface area contributed by atoms with E-state index in [0.29, 0.717) is 24.4 Å². The van der Waals surface area contributed by atoms with Crippen LogP contribution in [0.25, 0.3) is 0 Å². The van der Waals surface area contributed by atoms with E-state index in [1.807, 2.05) is 6.92 Å². The number of carbonyl (C=O) groups is 2. The molecule has 0 unspecified atom stereocenters. The second-order valence-corrected chi connectivity index (χ2v) is 7.79. The zero-order valence-corrected chi connectivity index (χ0v) is 15.0. The second kappa shape index (κ2) is 6.72. The topological polar surface area (TPSA) is 40.6 Å². The molecule has 2 bridgehead atoms. The van der Waals surface area contributed by atoms with Crippen LogP contribution >= 0.6 is 0 Å². The Bertz CT molecular complexity index is 710. The zero-order chi connectivity index (χ0) is 18.4. The Kier molecular flexibility index (Phi) is 4.55. The minimum Gasteiger partial charge on any atom is -0.331 e. The van der Waals surface area contributed by atoms with E-state index >= 15 is 0 Å². The monoisotopic (exact) mass is 362 g/mol. The first-order valence-corrected chi connectivity index (χ1v) is 9.53. The number of amides is 1. The summed E-state index contributed by atoms with van der Waals surface area (Å²) < 4.78 is 27.6. The predicted octanol–water partition coefficient (Wildman–Crippen LogP) is 2.72. The van der Waals surface area contributed by atoms with Crippen molar-refractivity contribution >= 4 is 11.7 Å². The summed E-state index contributed by atoms with van der Waals surface area (Å²) in [6.07, 6.45) is 2.91. The highest BCUT2D eigenvalue weighted by molar-refractivity contribution is 6.36. The van der Waals surface area contributed by atoms with Gasteiger partial charge < -0.3 is 4.90 Å². The summed E-state index contributed by atoms with van der Waals surface area (Å²) in [7, 11) is 0. The predicted molar refractivity (Wildman–Crippen MR) is 92.6 cm³/mol.